The predicted octanol–water partition coefficient (Wildman–Crippen LogP) is 2.17. The average Bonchev–Trinajstić information content (AvgIpc) is 3.03. The van der Waals surface area contributed by atoms with Crippen LogP contribution in [0, 0.1) is 17.7 Å². The molecular formula is C16H21FN2O. The van der Waals surface area contributed by atoms with Crippen molar-refractivity contribution in [2.75, 3.05) is 13.6 Å². The molecule has 1 N–H and O–H groups in total. The van der Waals surface area contributed by atoms with Crippen molar-refractivity contribution in [1.29, 1.82) is 0 Å². The second-order valence-electron chi connectivity index (χ2n) is 6.06. The summed E-state index contributed by atoms with van der Waals surface area (Å²) in [6.45, 7) is 1.51. The Labute approximate surface area is 119 Å². The molecule has 2 aliphatic rings. The third-order valence-corrected chi connectivity index (χ3v) is 4.72. The van der Waals surface area contributed by atoms with E-state index in [1.807, 2.05) is 7.05 Å². The van der Waals surface area contributed by atoms with Crippen molar-refractivity contribution in [1.82, 2.24) is 10.2 Å². The smallest absolute Gasteiger partial charge is 0.240 e. The first-order chi connectivity index (χ1) is 9.65. The van der Waals surface area contributed by atoms with Gasteiger partial charge >= 0.3 is 0 Å². The summed E-state index contributed by atoms with van der Waals surface area (Å²) in [5.74, 6) is 1.12. The number of carbonyl (C=O) groups excluding carboxylic acids is 1. The SMILES string of the molecule is CN(Cc1ccc(F)cc1)C(=O)C1NCC2CCCC21. The summed E-state index contributed by atoms with van der Waals surface area (Å²) in [5, 5.41) is 3.38. The van der Waals surface area contributed by atoms with Crippen LogP contribution in [-0.4, -0.2) is 30.4 Å². The van der Waals surface area contributed by atoms with Gasteiger partial charge in [0.15, 0.2) is 0 Å². The summed E-state index contributed by atoms with van der Waals surface area (Å²) >= 11 is 0. The minimum atomic E-state index is -0.242. The summed E-state index contributed by atoms with van der Waals surface area (Å²) in [7, 11) is 1.83. The first-order valence-corrected chi connectivity index (χ1v) is 7.38. The van der Waals surface area contributed by atoms with Gasteiger partial charge in [-0.25, -0.2) is 4.39 Å². The van der Waals surface area contributed by atoms with E-state index in [0.29, 0.717) is 18.4 Å². The van der Waals surface area contributed by atoms with Crippen LogP contribution < -0.4 is 5.32 Å². The van der Waals surface area contributed by atoms with Crippen molar-refractivity contribution in [3.8, 4) is 0 Å². The number of amides is 1. The number of fused-ring (bicyclic) bond motifs is 1. The van der Waals surface area contributed by atoms with Crippen LogP contribution in [0.5, 0.6) is 0 Å². The van der Waals surface area contributed by atoms with Crippen molar-refractivity contribution in [3.05, 3.63) is 35.6 Å². The van der Waals surface area contributed by atoms with E-state index in [0.717, 1.165) is 12.1 Å². The van der Waals surface area contributed by atoms with E-state index in [1.54, 1.807) is 17.0 Å². The Morgan fingerprint density at radius 1 is 1.35 bits per heavy atom. The molecule has 1 aliphatic carbocycles. The highest BCUT2D eigenvalue weighted by Crippen LogP contribution is 2.38. The molecule has 3 unspecified atom stereocenters. The van der Waals surface area contributed by atoms with Gasteiger partial charge in [0.1, 0.15) is 5.82 Å². The van der Waals surface area contributed by atoms with Crippen LogP contribution in [0.1, 0.15) is 24.8 Å². The van der Waals surface area contributed by atoms with Crippen molar-refractivity contribution in [2.45, 2.75) is 31.8 Å². The van der Waals surface area contributed by atoms with Gasteiger partial charge in [0.25, 0.3) is 0 Å². The first kappa shape index (κ1) is 13.6. The normalized spacial score (nSPS) is 28.4. The average molecular weight is 276 g/mol. The molecule has 0 radical (unpaired) electrons. The van der Waals surface area contributed by atoms with Gasteiger partial charge in [0, 0.05) is 13.6 Å². The molecule has 1 aliphatic heterocycles. The van der Waals surface area contributed by atoms with Gasteiger partial charge < -0.3 is 10.2 Å². The number of halogens is 1. The number of carbonyl (C=O) groups is 1. The lowest BCUT2D eigenvalue weighted by molar-refractivity contribution is -0.133. The zero-order valence-electron chi connectivity index (χ0n) is 11.8. The van der Waals surface area contributed by atoms with Gasteiger partial charge in [-0.3, -0.25) is 4.79 Å². The first-order valence-electron chi connectivity index (χ1n) is 7.38. The number of likely N-dealkylation sites (N-methyl/N-ethyl adjacent to an activating group) is 1. The number of hydrogen-bond donors (Lipinski definition) is 1. The second kappa shape index (κ2) is 5.52. The molecule has 2 fully saturated rings. The lowest BCUT2D eigenvalue weighted by Crippen LogP contribution is -2.44. The summed E-state index contributed by atoms with van der Waals surface area (Å²) in [4.78, 5) is 14.3. The van der Waals surface area contributed by atoms with Crippen molar-refractivity contribution in [2.24, 2.45) is 11.8 Å². The maximum atomic E-state index is 12.9. The Balaban J connectivity index is 1.63. The van der Waals surface area contributed by atoms with Crippen molar-refractivity contribution >= 4 is 5.91 Å². The number of nitrogens with one attached hydrogen (secondary N) is 1. The highest BCUT2D eigenvalue weighted by molar-refractivity contribution is 5.82. The summed E-state index contributed by atoms with van der Waals surface area (Å²) < 4.78 is 12.9. The van der Waals surface area contributed by atoms with E-state index in [1.165, 1.54) is 31.4 Å². The van der Waals surface area contributed by atoms with E-state index in [4.69, 9.17) is 0 Å². The van der Waals surface area contributed by atoms with E-state index < -0.39 is 0 Å². The monoisotopic (exact) mass is 276 g/mol. The highest BCUT2D eigenvalue weighted by Gasteiger charge is 2.43. The standard InChI is InChI=1S/C16H21FN2O/c1-19(10-11-5-7-13(17)8-6-11)16(20)15-14-4-2-3-12(14)9-18-15/h5-8,12,14-15,18H,2-4,9-10H2,1H3. The van der Waals surface area contributed by atoms with E-state index in [9.17, 15) is 9.18 Å². The fourth-order valence-electron chi connectivity index (χ4n) is 3.64. The maximum Gasteiger partial charge on any atom is 0.240 e. The summed E-state index contributed by atoms with van der Waals surface area (Å²) in [5.41, 5.74) is 0.961. The Morgan fingerprint density at radius 3 is 2.85 bits per heavy atom. The Kier molecular flexibility index (Phi) is 3.74. The second-order valence-corrected chi connectivity index (χ2v) is 6.06. The molecule has 20 heavy (non-hydrogen) atoms. The van der Waals surface area contributed by atoms with Crippen LogP contribution in [0.3, 0.4) is 0 Å². The summed E-state index contributed by atoms with van der Waals surface area (Å²) in [6, 6.07) is 6.33. The molecule has 3 nitrogen and oxygen atoms in total. The van der Waals surface area contributed by atoms with Gasteiger partial charge in [-0.05, 0) is 48.9 Å². The molecule has 0 bridgehead atoms. The van der Waals surface area contributed by atoms with Crippen LogP contribution in [-0.2, 0) is 11.3 Å². The van der Waals surface area contributed by atoms with Gasteiger partial charge in [0.2, 0.25) is 5.91 Å². The topological polar surface area (TPSA) is 32.3 Å². The molecule has 4 heteroatoms. The van der Waals surface area contributed by atoms with Crippen molar-refractivity contribution in [3.63, 3.8) is 0 Å². The van der Waals surface area contributed by atoms with Gasteiger partial charge in [0.05, 0.1) is 6.04 Å². The van der Waals surface area contributed by atoms with Crippen molar-refractivity contribution < 1.29 is 9.18 Å². The third-order valence-electron chi connectivity index (χ3n) is 4.72. The molecule has 0 aromatic heterocycles. The van der Waals surface area contributed by atoms with Crippen LogP contribution >= 0.6 is 0 Å². The lowest BCUT2D eigenvalue weighted by Gasteiger charge is -2.24. The molecule has 0 spiro atoms. The Morgan fingerprint density at radius 2 is 2.10 bits per heavy atom. The van der Waals surface area contributed by atoms with E-state index >= 15 is 0 Å². The number of hydrogen-bond acceptors (Lipinski definition) is 2. The van der Waals surface area contributed by atoms with Gasteiger partial charge in [-0.1, -0.05) is 18.6 Å². The summed E-state index contributed by atoms with van der Waals surface area (Å²) in [6.07, 6.45) is 3.67. The number of nitrogens with zero attached hydrogens (tertiary/aromatic N) is 1. The molecule has 108 valence electrons. The van der Waals surface area contributed by atoms with Crippen LogP contribution in [0.4, 0.5) is 4.39 Å². The van der Waals surface area contributed by atoms with Gasteiger partial charge in [-0.2, -0.15) is 0 Å². The zero-order chi connectivity index (χ0) is 14.1. The Bertz CT molecular complexity index is 488. The molecule has 1 amide bonds. The predicted molar refractivity (Wildman–Crippen MR) is 75.5 cm³/mol. The minimum Gasteiger partial charge on any atom is -0.340 e. The quantitative estimate of drug-likeness (QED) is 0.917. The maximum absolute atomic E-state index is 12.9. The highest BCUT2D eigenvalue weighted by atomic mass is 19.1. The molecule has 1 heterocycles. The largest absolute Gasteiger partial charge is 0.340 e. The molecule has 1 saturated heterocycles. The molecule has 1 aromatic carbocycles. The molecule has 3 rings (SSSR count). The van der Waals surface area contributed by atoms with E-state index in [-0.39, 0.29) is 17.8 Å². The third kappa shape index (κ3) is 2.57. The Hall–Kier alpha value is -1.42. The van der Waals surface area contributed by atoms with Crippen LogP contribution in [0.25, 0.3) is 0 Å². The molecule has 1 saturated carbocycles. The minimum absolute atomic E-state index is 0.0204. The fourth-order valence-corrected chi connectivity index (χ4v) is 3.64. The van der Waals surface area contributed by atoms with Gasteiger partial charge in [-0.15, -0.1) is 0 Å². The molecular weight excluding hydrogens is 255 g/mol. The zero-order valence-corrected chi connectivity index (χ0v) is 11.8. The van der Waals surface area contributed by atoms with Crippen LogP contribution in [0.2, 0.25) is 0 Å². The lowest BCUT2D eigenvalue weighted by atomic mass is 9.93. The number of benzene rings is 1. The number of rotatable bonds is 3. The van der Waals surface area contributed by atoms with Crippen LogP contribution in [0.15, 0.2) is 24.3 Å². The van der Waals surface area contributed by atoms with E-state index in [2.05, 4.69) is 5.32 Å². The fraction of sp³-hybridized carbons (Fsp3) is 0.562. The molecule has 1 aromatic rings. The molecule has 3 atom stereocenters.